The number of benzene rings is 2. The molecule has 6 heteroatoms. The van der Waals surface area contributed by atoms with Crippen LogP contribution in [0.15, 0.2) is 54.6 Å². The summed E-state index contributed by atoms with van der Waals surface area (Å²) in [7, 11) is 4.00. The summed E-state index contributed by atoms with van der Waals surface area (Å²) in [6.45, 7) is 1.72. The Balaban J connectivity index is 1.51. The predicted molar refractivity (Wildman–Crippen MR) is 104 cm³/mol. The predicted octanol–water partition coefficient (Wildman–Crippen LogP) is 2.26. The molecule has 27 heavy (non-hydrogen) atoms. The van der Waals surface area contributed by atoms with Crippen LogP contribution in [0.2, 0.25) is 0 Å². The minimum atomic E-state index is -0.541. The van der Waals surface area contributed by atoms with E-state index in [2.05, 4.69) is 15.2 Å². The number of amides is 1. The molecule has 0 bridgehead atoms. The highest BCUT2D eigenvalue weighted by atomic mass is 16.5. The summed E-state index contributed by atoms with van der Waals surface area (Å²) in [6.07, 6.45) is -0.541. The largest absolute Gasteiger partial charge is 0.365 e. The third-order valence-electron chi connectivity index (χ3n) is 5.20. The Morgan fingerprint density at radius 2 is 1.89 bits per heavy atom. The number of para-hydroxylation sites is 2. The molecule has 140 valence electrons. The van der Waals surface area contributed by atoms with Crippen LogP contribution in [0.25, 0.3) is 11.0 Å². The van der Waals surface area contributed by atoms with Gasteiger partial charge >= 0.3 is 0 Å². The van der Waals surface area contributed by atoms with Gasteiger partial charge in [-0.15, -0.1) is 0 Å². The number of fused-ring (bicyclic) bond motifs is 1. The topological polar surface area (TPSA) is 59.4 Å². The maximum absolute atomic E-state index is 12.9. The minimum absolute atomic E-state index is 0.0969. The van der Waals surface area contributed by atoms with Gasteiger partial charge in [-0.05, 0) is 24.7 Å². The molecule has 2 aromatic carbocycles. The number of nitrogens with zero attached hydrogens (tertiary/aromatic N) is 3. The summed E-state index contributed by atoms with van der Waals surface area (Å²) in [6, 6.07) is 17.9. The number of rotatable bonds is 4. The van der Waals surface area contributed by atoms with Crippen molar-refractivity contribution in [3.05, 3.63) is 66.0 Å². The van der Waals surface area contributed by atoms with Crippen molar-refractivity contribution in [2.24, 2.45) is 7.05 Å². The summed E-state index contributed by atoms with van der Waals surface area (Å²) < 4.78 is 7.89. The minimum Gasteiger partial charge on any atom is -0.365 e. The van der Waals surface area contributed by atoms with Crippen LogP contribution in [-0.2, 0) is 23.1 Å². The standard InChI is InChI=1S/C21H24N4O2/c1-24-12-13-27-20(19(24)15-8-4-3-5-9-15)21(26)22-14-18-23-16-10-6-7-11-17(16)25(18)2/h3-11,19-20H,12-14H2,1-2H3,(H,22,26)/t19-,20+/m0/s1. The van der Waals surface area contributed by atoms with Gasteiger partial charge in [0, 0.05) is 13.6 Å². The van der Waals surface area contributed by atoms with E-state index >= 15 is 0 Å². The molecule has 1 amide bonds. The lowest BCUT2D eigenvalue weighted by molar-refractivity contribution is -0.144. The van der Waals surface area contributed by atoms with Crippen molar-refractivity contribution in [1.82, 2.24) is 19.8 Å². The van der Waals surface area contributed by atoms with Crippen molar-refractivity contribution in [3.63, 3.8) is 0 Å². The Hall–Kier alpha value is -2.70. The molecular formula is C21H24N4O2. The van der Waals surface area contributed by atoms with Gasteiger partial charge in [0.2, 0.25) is 0 Å². The van der Waals surface area contributed by atoms with Crippen molar-refractivity contribution in [2.45, 2.75) is 18.7 Å². The molecule has 1 fully saturated rings. The average Bonchev–Trinajstić information content (AvgIpc) is 3.02. The zero-order valence-electron chi connectivity index (χ0n) is 15.6. The molecule has 1 aliphatic heterocycles. The first-order chi connectivity index (χ1) is 13.1. The molecule has 2 atom stereocenters. The number of nitrogens with one attached hydrogen (secondary N) is 1. The van der Waals surface area contributed by atoms with Crippen LogP contribution in [0.3, 0.4) is 0 Å². The van der Waals surface area contributed by atoms with Gasteiger partial charge in [-0.2, -0.15) is 0 Å². The maximum atomic E-state index is 12.9. The molecule has 0 saturated carbocycles. The van der Waals surface area contributed by atoms with Gasteiger partial charge in [0.15, 0.2) is 6.10 Å². The van der Waals surface area contributed by atoms with Crippen LogP contribution in [0, 0.1) is 0 Å². The summed E-state index contributed by atoms with van der Waals surface area (Å²) in [5, 5.41) is 3.02. The van der Waals surface area contributed by atoms with E-state index in [0.717, 1.165) is 29.0 Å². The van der Waals surface area contributed by atoms with Gasteiger partial charge in [-0.1, -0.05) is 42.5 Å². The van der Waals surface area contributed by atoms with Crippen molar-refractivity contribution in [1.29, 1.82) is 0 Å². The highest BCUT2D eigenvalue weighted by Gasteiger charge is 2.36. The van der Waals surface area contributed by atoms with Crippen molar-refractivity contribution < 1.29 is 9.53 Å². The number of aryl methyl sites for hydroxylation is 1. The molecule has 1 aliphatic rings. The zero-order valence-corrected chi connectivity index (χ0v) is 15.6. The van der Waals surface area contributed by atoms with Crippen molar-refractivity contribution in [3.8, 4) is 0 Å². The monoisotopic (exact) mass is 364 g/mol. The molecule has 0 unspecified atom stereocenters. The summed E-state index contributed by atoms with van der Waals surface area (Å²) in [5.41, 5.74) is 3.07. The molecule has 0 aliphatic carbocycles. The number of aromatic nitrogens is 2. The molecule has 1 saturated heterocycles. The Bertz CT molecular complexity index is 938. The lowest BCUT2D eigenvalue weighted by atomic mass is 9.98. The zero-order chi connectivity index (χ0) is 18.8. The summed E-state index contributed by atoms with van der Waals surface area (Å²) in [4.78, 5) is 19.7. The fourth-order valence-corrected chi connectivity index (χ4v) is 3.70. The third-order valence-corrected chi connectivity index (χ3v) is 5.20. The number of carbonyl (C=O) groups is 1. The van der Waals surface area contributed by atoms with Gasteiger partial charge in [0.1, 0.15) is 5.82 Å². The van der Waals surface area contributed by atoms with E-state index in [4.69, 9.17) is 4.74 Å². The van der Waals surface area contributed by atoms with Gasteiger partial charge in [0.05, 0.1) is 30.2 Å². The Kier molecular flexibility index (Phi) is 4.92. The van der Waals surface area contributed by atoms with E-state index in [9.17, 15) is 4.79 Å². The molecule has 3 aromatic rings. The SMILES string of the molecule is CN1CCO[C@@H](C(=O)NCc2nc3ccccc3n2C)[C@@H]1c1ccccc1. The molecule has 4 rings (SSSR count). The van der Waals surface area contributed by atoms with Gasteiger partial charge in [-0.25, -0.2) is 4.98 Å². The van der Waals surface area contributed by atoms with Gasteiger partial charge in [0.25, 0.3) is 5.91 Å². The number of hydrogen-bond donors (Lipinski definition) is 1. The number of ether oxygens (including phenoxy) is 1. The molecule has 6 nitrogen and oxygen atoms in total. The Labute approximate surface area is 158 Å². The van der Waals surface area contributed by atoms with Crippen molar-refractivity contribution >= 4 is 16.9 Å². The van der Waals surface area contributed by atoms with Crippen LogP contribution < -0.4 is 5.32 Å². The quantitative estimate of drug-likeness (QED) is 0.772. The molecule has 1 N–H and O–H groups in total. The third kappa shape index (κ3) is 3.46. The molecular weight excluding hydrogens is 340 g/mol. The van der Waals surface area contributed by atoms with E-state index in [0.29, 0.717) is 13.2 Å². The maximum Gasteiger partial charge on any atom is 0.251 e. The van der Waals surface area contributed by atoms with Crippen LogP contribution in [0.4, 0.5) is 0 Å². The highest BCUT2D eigenvalue weighted by Crippen LogP contribution is 2.28. The number of morpholine rings is 1. The van der Waals surface area contributed by atoms with E-state index in [1.807, 2.05) is 73.3 Å². The molecule has 1 aromatic heterocycles. The smallest absolute Gasteiger partial charge is 0.251 e. The second-order valence-electron chi connectivity index (χ2n) is 6.92. The fraction of sp³-hybridized carbons (Fsp3) is 0.333. The van der Waals surface area contributed by atoms with E-state index in [1.54, 1.807) is 0 Å². The second-order valence-corrected chi connectivity index (χ2v) is 6.92. The number of imidazole rings is 1. The number of carbonyl (C=O) groups excluding carboxylic acids is 1. The lowest BCUT2D eigenvalue weighted by Gasteiger charge is -2.38. The van der Waals surface area contributed by atoms with E-state index < -0.39 is 6.10 Å². The average molecular weight is 364 g/mol. The molecule has 2 heterocycles. The highest BCUT2D eigenvalue weighted by molar-refractivity contribution is 5.82. The normalized spacial score (nSPS) is 20.7. The van der Waals surface area contributed by atoms with Crippen LogP contribution >= 0.6 is 0 Å². The van der Waals surface area contributed by atoms with Gasteiger partial charge < -0.3 is 14.6 Å². The van der Waals surface area contributed by atoms with E-state index in [1.165, 1.54) is 0 Å². The number of hydrogen-bond acceptors (Lipinski definition) is 4. The summed E-state index contributed by atoms with van der Waals surface area (Å²) >= 11 is 0. The Morgan fingerprint density at radius 1 is 1.15 bits per heavy atom. The fourth-order valence-electron chi connectivity index (χ4n) is 3.70. The van der Waals surface area contributed by atoms with E-state index in [-0.39, 0.29) is 11.9 Å². The van der Waals surface area contributed by atoms with Crippen LogP contribution in [0.1, 0.15) is 17.4 Å². The van der Waals surface area contributed by atoms with Crippen LogP contribution in [0.5, 0.6) is 0 Å². The van der Waals surface area contributed by atoms with Gasteiger partial charge in [-0.3, -0.25) is 9.69 Å². The first-order valence-electron chi connectivity index (χ1n) is 9.20. The Morgan fingerprint density at radius 3 is 2.67 bits per heavy atom. The van der Waals surface area contributed by atoms with Crippen LogP contribution in [-0.4, -0.2) is 46.7 Å². The van der Waals surface area contributed by atoms with Crippen molar-refractivity contribution in [2.75, 3.05) is 20.2 Å². The first kappa shape index (κ1) is 17.7. The summed E-state index contributed by atoms with van der Waals surface area (Å²) in [5.74, 6) is 0.715. The first-order valence-corrected chi connectivity index (χ1v) is 9.20. The molecule has 0 spiro atoms. The lowest BCUT2D eigenvalue weighted by Crippen LogP contribution is -2.50. The number of likely N-dealkylation sites (N-methyl/N-ethyl adjacent to an activating group) is 1. The second kappa shape index (κ2) is 7.50. The molecule has 0 radical (unpaired) electrons.